The van der Waals surface area contributed by atoms with E-state index in [0.717, 1.165) is 5.39 Å². The molecule has 2 aromatic carbocycles. The van der Waals surface area contributed by atoms with Crippen LogP contribution < -0.4 is 5.56 Å². The van der Waals surface area contributed by atoms with Crippen molar-refractivity contribution in [1.82, 2.24) is 9.78 Å². The number of aromatic nitrogens is 2. The van der Waals surface area contributed by atoms with Crippen LogP contribution in [0.5, 0.6) is 0 Å². The predicted octanol–water partition coefficient (Wildman–Crippen LogP) is 3.85. The van der Waals surface area contributed by atoms with Crippen LogP contribution in [0.3, 0.4) is 0 Å². The number of benzene rings is 2. The van der Waals surface area contributed by atoms with E-state index in [2.05, 4.69) is 11.2 Å². The molecule has 1 radical (unpaired) electrons. The molecule has 0 fully saturated rings. The monoisotopic (exact) mass is 309 g/mol. The molecular weight excluding hydrogens is 300 g/mol. The largest absolute Gasteiger partial charge is 0.460 e. The Morgan fingerprint density at radius 1 is 1.23 bits per heavy atom. The molecule has 22 heavy (non-hydrogen) atoms. The van der Waals surface area contributed by atoms with Crippen molar-refractivity contribution in [3.8, 4) is 16.9 Å². The van der Waals surface area contributed by atoms with Crippen molar-refractivity contribution in [2.24, 2.45) is 0 Å². The van der Waals surface area contributed by atoms with Gasteiger partial charge in [-0.25, -0.2) is 0 Å². The van der Waals surface area contributed by atoms with Crippen LogP contribution >= 0.6 is 11.6 Å². The number of nitrogens with zero attached hydrogens (tertiary/aromatic N) is 2. The van der Waals surface area contributed by atoms with Gasteiger partial charge in [0.1, 0.15) is 22.6 Å². The molecule has 0 saturated heterocycles. The minimum Gasteiger partial charge on any atom is -0.460 e. The lowest BCUT2D eigenvalue weighted by Crippen LogP contribution is -2.14. The second kappa shape index (κ2) is 4.71. The van der Waals surface area contributed by atoms with Crippen LogP contribution in [0.15, 0.2) is 51.7 Å². The van der Waals surface area contributed by atoms with E-state index >= 15 is 0 Å². The van der Waals surface area contributed by atoms with Crippen LogP contribution in [-0.2, 0) is 0 Å². The van der Waals surface area contributed by atoms with Gasteiger partial charge in [-0.1, -0.05) is 17.7 Å². The first kappa shape index (κ1) is 13.1. The fourth-order valence-electron chi connectivity index (χ4n) is 2.57. The fourth-order valence-corrected chi connectivity index (χ4v) is 2.70. The Morgan fingerprint density at radius 3 is 2.77 bits per heavy atom. The summed E-state index contributed by atoms with van der Waals surface area (Å²) in [4.78, 5) is 12.7. The van der Waals surface area contributed by atoms with Gasteiger partial charge in [0.15, 0.2) is 0 Å². The predicted molar refractivity (Wildman–Crippen MR) is 84.8 cm³/mol. The molecule has 0 bridgehead atoms. The first-order valence-corrected chi connectivity index (χ1v) is 7.11. The van der Waals surface area contributed by atoms with Crippen LogP contribution in [0.2, 0.25) is 5.02 Å². The molecule has 107 valence electrons. The molecule has 5 heteroatoms. The van der Waals surface area contributed by atoms with Crippen molar-refractivity contribution in [1.29, 1.82) is 0 Å². The Hall–Kier alpha value is -2.59. The molecule has 0 unspecified atom stereocenters. The summed E-state index contributed by atoms with van der Waals surface area (Å²) in [7, 11) is 0. The number of hydrogen-bond acceptors (Lipinski definition) is 3. The molecule has 2 aliphatic heterocycles. The van der Waals surface area contributed by atoms with Crippen LogP contribution in [0, 0.1) is 13.0 Å². The quantitative estimate of drug-likeness (QED) is 0.536. The van der Waals surface area contributed by atoms with Crippen LogP contribution in [-0.4, -0.2) is 9.78 Å². The van der Waals surface area contributed by atoms with E-state index in [9.17, 15) is 4.79 Å². The average molecular weight is 310 g/mol. The van der Waals surface area contributed by atoms with Crippen LogP contribution in [0.4, 0.5) is 0 Å². The minimum absolute atomic E-state index is 0.204. The second-order valence-electron chi connectivity index (χ2n) is 5.00. The van der Waals surface area contributed by atoms with Gasteiger partial charge >= 0.3 is 0 Å². The van der Waals surface area contributed by atoms with Crippen LogP contribution in [0.25, 0.3) is 27.9 Å². The third-order valence-corrected chi connectivity index (χ3v) is 3.86. The maximum absolute atomic E-state index is 12.7. The zero-order valence-electron chi connectivity index (χ0n) is 11.6. The molecular formula is C17H10ClN2O2. The van der Waals surface area contributed by atoms with Gasteiger partial charge < -0.3 is 4.42 Å². The maximum atomic E-state index is 12.7. The Bertz CT molecular complexity index is 1020. The van der Waals surface area contributed by atoms with E-state index < -0.39 is 0 Å². The Kier molecular flexibility index (Phi) is 2.81. The van der Waals surface area contributed by atoms with Gasteiger partial charge in [0.2, 0.25) is 0 Å². The highest BCUT2D eigenvalue weighted by molar-refractivity contribution is 6.30. The first-order chi connectivity index (χ1) is 10.6. The Morgan fingerprint density at radius 2 is 2.00 bits per heavy atom. The summed E-state index contributed by atoms with van der Waals surface area (Å²) in [6.07, 6.45) is 0. The third-order valence-electron chi connectivity index (χ3n) is 3.61. The van der Waals surface area contributed by atoms with Crippen LogP contribution in [0.1, 0.15) is 5.76 Å². The Balaban J connectivity index is 2.10. The molecule has 2 aromatic rings. The molecule has 0 aliphatic carbocycles. The topological polar surface area (TPSA) is 48.0 Å². The van der Waals surface area contributed by atoms with Crippen molar-refractivity contribution in [3.05, 3.63) is 69.7 Å². The number of halogens is 1. The first-order valence-electron chi connectivity index (χ1n) is 6.73. The molecule has 0 aromatic heterocycles. The molecule has 0 atom stereocenters. The molecule has 0 N–H and O–H groups in total. The fraction of sp³-hybridized carbons (Fsp3) is 0.0588. The summed E-state index contributed by atoms with van der Waals surface area (Å²) < 4.78 is 7.10. The van der Waals surface area contributed by atoms with Gasteiger partial charge in [0.05, 0.1) is 5.69 Å². The van der Waals surface area contributed by atoms with Gasteiger partial charge in [-0.3, -0.25) is 4.79 Å². The van der Waals surface area contributed by atoms with Gasteiger partial charge in [-0.2, -0.15) is 9.78 Å². The van der Waals surface area contributed by atoms with Crippen molar-refractivity contribution >= 4 is 22.6 Å². The molecule has 2 aliphatic rings. The van der Waals surface area contributed by atoms with Crippen molar-refractivity contribution in [2.75, 3.05) is 0 Å². The molecule has 0 saturated carbocycles. The summed E-state index contributed by atoms with van der Waals surface area (Å²) in [5.74, 6) is 0.555. The molecule has 2 heterocycles. The number of hydrogen-bond donors (Lipinski definition) is 0. The normalized spacial score (nSPS) is 11.4. The number of fused-ring (bicyclic) bond motifs is 3. The summed E-state index contributed by atoms with van der Waals surface area (Å²) in [5.41, 5.74) is 2.25. The van der Waals surface area contributed by atoms with Gasteiger partial charge in [0.25, 0.3) is 5.56 Å². The molecule has 4 nitrogen and oxygen atoms in total. The lowest BCUT2D eigenvalue weighted by molar-refractivity contribution is 0.567. The Labute approximate surface area is 130 Å². The SMILES string of the molecule is Cc1oc2cc[c]cc2c2nn(-c3ccc(Cl)cc3)c(=O)c1-2. The maximum Gasteiger partial charge on any atom is 0.284 e. The molecule has 0 amide bonds. The van der Waals surface area contributed by atoms with E-state index in [1.54, 1.807) is 43.3 Å². The molecule has 0 spiro atoms. The summed E-state index contributed by atoms with van der Waals surface area (Å²) in [6.45, 7) is 1.77. The summed E-state index contributed by atoms with van der Waals surface area (Å²) in [6, 6.07) is 15.3. The highest BCUT2D eigenvalue weighted by Crippen LogP contribution is 2.30. The van der Waals surface area contributed by atoms with E-state index in [4.69, 9.17) is 16.0 Å². The van der Waals surface area contributed by atoms with Gasteiger partial charge in [0, 0.05) is 10.4 Å². The number of rotatable bonds is 1. The van der Waals surface area contributed by atoms with Crippen molar-refractivity contribution in [3.63, 3.8) is 0 Å². The van der Waals surface area contributed by atoms with Gasteiger partial charge in [-0.05, 0) is 49.4 Å². The standard InChI is InChI=1S/C17H10ClN2O2/c1-10-15-16(13-4-2-3-5-14(13)22-10)19-20(17(15)21)12-8-6-11(18)7-9-12/h3-9H,1H3. The van der Waals surface area contributed by atoms with E-state index in [0.29, 0.717) is 33.3 Å². The summed E-state index contributed by atoms with van der Waals surface area (Å²) >= 11 is 5.89. The van der Waals surface area contributed by atoms with E-state index in [-0.39, 0.29) is 5.56 Å². The van der Waals surface area contributed by atoms with Crippen molar-refractivity contribution in [2.45, 2.75) is 6.92 Å². The molecule has 4 rings (SSSR count). The highest BCUT2D eigenvalue weighted by Gasteiger charge is 2.23. The minimum atomic E-state index is -0.204. The second-order valence-corrected chi connectivity index (χ2v) is 5.43. The summed E-state index contributed by atoms with van der Waals surface area (Å²) in [5, 5.41) is 5.86. The number of aryl methyl sites for hydroxylation is 1. The third kappa shape index (κ3) is 1.84. The highest BCUT2D eigenvalue weighted by atomic mass is 35.5. The van der Waals surface area contributed by atoms with Crippen molar-refractivity contribution < 1.29 is 4.42 Å². The zero-order chi connectivity index (χ0) is 15.3. The van der Waals surface area contributed by atoms with E-state index in [1.807, 2.05) is 6.07 Å². The zero-order valence-corrected chi connectivity index (χ0v) is 12.4. The smallest absolute Gasteiger partial charge is 0.284 e. The van der Waals surface area contributed by atoms with E-state index in [1.165, 1.54) is 4.68 Å². The lowest BCUT2D eigenvalue weighted by atomic mass is 10.1. The van der Waals surface area contributed by atoms with Gasteiger partial charge in [-0.15, -0.1) is 0 Å². The average Bonchev–Trinajstić information content (AvgIpc) is 2.87. The lowest BCUT2D eigenvalue weighted by Gasteiger charge is -2.03.